The fourth-order valence-corrected chi connectivity index (χ4v) is 10.5. The number of rotatable bonds is 16. The Hall–Kier alpha value is -8.48. The van der Waals surface area contributed by atoms with Crippen molar-refractivity contribution in [3.63, 3.8) is 0 Å². The van der Waals surface area contributed by atoms with Crippen molar-refractivity contribution in [2.75, 3.05) is 19.5 Å². The minimum absolute atomic E-state index is 0.0417. The first-order valence-corrected chi connectivity index (χ1v) is 28.2. The van der Waals surface area contributed by atoms with E-state index in [0.29, 0.717) is 57.1 Å². The van der Waals surface area contributed by atoms with E-state index in [2.05, 4.69) is 46.2 Å². The fraction of sp³-hybridized carbons (Fsp3) is 0.120. The summed E-state index contributed by atoms with van der Waals surface area (Å²) in [5.41, 5.74) is 4.34. The lowest BCUT2D eigenvalue weighted by atomic mass is 10.1. The Morgan fingerprint density at radius 2 is 0.833 bits per heavy atom. The van der Waals surface area contributed by atoms with Crippen LogP contribution in [0.2, 0.25) is 0 Å². The summed E-state index contributed by atoms with van der Waals surface area (Å²) < 4.78 is 149. The van der Waals surface area contributed by atoms with Gasteiger partial charge in [-0.1, -0.05) is 18.2 Å². The minimum Gasteiger partial charge on any atom is -0.505 e. The molecule has 24 nitrogen and oxygen atoms in total. The van der Waals surface area contributed by atoms with Gasteiger partial charge in [-0.3, -0.25) is 18.2 Å². The van der Waals surface area contributed by atoms with Crippen molar-refractivity contribution in [1.29, 1.82) is 0 Å². The molecule has 0 bridgehead atoms. The summed E-state index contributed by atoms with van der Waals surface area (Å²) in [5.74, 6) is -0.283. The quantitative estimate of drug-likeness (QED) is 0.0387. The number of phenols is 1. The Kier molecular flexibility index (Phi) is 15.4. The largest absolute Gasteiger partial charge is 0.505 e. The van der Waals surface area contributed by atoms with Gasteiger partial charge in [0.05, 0.1) is 41.9 Å². The second-order valence-electron chi connectivity index (χ2n) is 17.2. The molecule has 28 heteroatoms. The van der Waals surface area contributed by atoms with E-state index in [1.807, 2.05) is 30.3 Å². The molecule has 0 aliphatic heterocycles. The lowest BCUT2D eigenvalue weighted by Crippen LogP contribution is -2.05. The van der Waals surface area contributed by atoms with Crippen molar-refractivity contribution in [1.82, 2.24) is 0 Å². The predicted molar refractivity (Wildman–Crippen MR) is 287 cm³/mol. The van der Waals surface area contributed by atoms with Crippen molar-refractivity contribution < 1.29 is 66.5 Å². The smallest absolute Gasteiger partial charge is 0.296 e. The molecule has 0 aromatic heterocycles. The number of aryl methyl sites for hydroxylation is 4. The Morgan fingerprint density at radius 1 is 0.397 bits per heavy atom. The molecule has 0 saturated carbocycles. The molecule has 0 unspecified atom stereocenters. The number of hydrogen-bond donors (Lipinski definition) is 6. The Morgan fingerprint density at radius 3 is 1.29 bits per heavy atom. The maximum absolute atomic E-state index is 12.6. The minimum atomic E-state index is -5.16. The van der Waals surface area contributed by atoms with Crippen LogP contribution in [0.15, 0.2) is 176 Å². The van der Waals surface area contributed by atoms with Crippen LogP contribution in [-0.4, -0.2) is 71.2 Å². The molecule has 0 fully saturated rings. The standard InChI is InChI=1S/C50H43N9O15S4/c1-26-16-39(54-56-41-24-45(74-6)42(25-44(41)73-5)57-59-49-48(78(70,71)72)21-30-18-33(12-13-35(30)50(49)60)51-32-10-8-7-9-11-32)28(3)14-37(26)52-53-38-15-29(4)40(17-27(38)2)55-58-43-23-36-31(20-47(43)77(67,68)69)19-34(75(61,62)63)22-46(36)76(64,65)66/h7-25,51,60H,1-6H3,(H,61,62,63)(H,64,65,66)(H,67,68,69)(H,70,71,72). The van der Waals surface area contributed by atoms with E-state index in [1.165, 1.54) is 32.4 Å². The molecule has 8 aromatic carbocycles. The van der Waals surface area contributed by atoms with Crippen molar-refractivity contribution >= 4 is 119 Å². The van der Waals surface area contributed by atoms with E-state index in [4.69, 9.17) is 9.47 Å². The highest BCUT2D eigenvalue weighted by atomic mass is 32.2. The van der Waals surface area contributed by atoms with Gasteiger partial charge in [0, 0.05) is 34.3 Å². The molecule has 0 aliphatic carbocycles. The van der Waals surface area contributed by atoms with Crippen LogP contribution in [0.5, 0.6) is 17.2 Å². The van der Waals surface area contributed by atoms with Crippen molar-refractivity contribution in [3.8, 4) is 17.2 Å². The maximum atomic E-state index is 12.6. The summed E-state index contributed by atoms with van der Waals surface area (Å²) in [4.78, 5) is -3.56. The number of azo groups is 4. The van der Waals surface area contributed by atoms with Crippen LogP contribution in [0.25, 0.3) is 21.5 Å². The Balaban J connectivity index is 1.03. The van der Waals surface area contributed by atoms with Gasteiger partial charge in [-0.25, -0.2) is 0 Å². The maximum Gasteiger partial charge on any atom is 0.296 e. The first kappa shape index (κ1) is 55.7. The van der Waals surface area contributed by atoms with Gasteiger partial charge in [-0.15, -0.1) is 20.5 Å². The SMILES string of the molecule is COc1cc(N=Nc2c(S(=O)(=O)O)cc3cc(Nc4ccccc4)ccc3c2O)c(OC)cc1N=Nc1cc(C)c(N=Nc2cc(C)c(N=Nc3cc4c(S(=O)(=O)O)cc(S(=O)(=O)O)cc4cc3S(=O)(=O)O)cc2C)cc1C. The molecule has 402 valence electrons. The zero-order valence-electron chi connectivity index (χ0n) is 41.5. The van der Waals surface area contributed by atoms with Gasteiger partial charge in [-0.2, -0.15) is 54.1 Å². The molecule has 0 radical (unpaired) electrons. The third kappa shape index (κ3) is 12.2. The van der Waals surface area contributed by atoms with Crippen molar-refractivity contribution in [2.24, 2.45) is 40.9 Å². The molecule has 78 heavy (non-hydrogen) atoms. The first-order chi connectivity index (χ1) is 36.6. The van der Waals surface area contributed by atoms with E-state index in [9.17, 15) is 57.0 Å². The third-order valence-electron chi connectivity index (χ3n) is 11.8. The first-order valence-electron chi connectivity index (χ1n) is 22.4. The Bertz CT molecular complexity index is 4390. The van der Waals surface area contributed by atoms with Gasteiger partial charge < -0.3 is 19.9 Å². The van der Waals surface area contributed by atoms with Crippen molar-refractivity contribution in [2.45, 2.75) is 47.3 Å². The molecular formula is C50H43N9O15S4. The molecule has 0 heterocycles. The second kappa shape index (κ2) is 21.5. The lowest BCUT2D eigenvalue weighted by molar-refractivity contribution is 0.405. The number of anilines is 2. The fourth-order valence-electron chi connectivity index (χ4n) is 7.83. The normalized spacial score (nSPS) is 12.7. The van der Waals surface area contributed by atoms with Gasteiger partial charge >= 0.3 is 0 Å². The molecule has 0 atom stereocenters. The number of methoxy groups -OCH3 is 2. The van der Waals surface area contributed by atoms with Gasteiger partial charge in [0.2, 0.25) is 0 Å². The van der Waals surface area contributed by atoms with Crippen LogP contribution in [0.3, 0.4) is 0 Å². The van der Waals surface area contributed by atoms with Gasteiger partial charge in [-0.05, 0) is 146 Å². The van der Waals surface area contributed by atoms with Crippen LogP contribution < -0.4 is 14.8 Å². The molecule has 8 aromatic rings. The van der Waals surface area contributed by atoms with E-state index in [0.717, 1.165) is 17.8 Å². The molecule has 6 N–H and O–H groups in total. The molecule has 0 amide bonds. The number of ether oxygens (including phenoxy) is 2. The average molecular weight is 1140 g/mol. The number of phenolic OH excluding ortho intramolecular Hbond substituents is 1. The van der Waals surface area contributed by atoms with Crippen LogP contribution in [0, 0.1) is 27.7 Å². The number of fused-ring (bicyclic) bond motifs is 2. The number of aromatic hydroxyl groups is 1. The van der Waals surface area contributed by atoms with E-state index in [1.54, 1.807) is 70.2 Å². The number of nitrogens with one attached hydrogen (secondary N) is 1. The molecule has 0 saturated heterocycles. The highest BCUT2D eigenvalue weighted by Crippen LogP contribution is 2.46. The van der Waals surface area contributed by atoms with Crippen LogP contribution in [0.4, 0.5) is 56.9 Å². The zero-order valence-corrected chi connectivity index (χ0v) is 44.8. The highest BCUT2D eigenvalue weighted by molar-refractivity contribution is 7.87. The van der Waals surface area contributed by atoms with E-state index >= 15 is 0 Å². The molecule has 0 aliphatic rings. The number of benzene rings is 8. The third-order valence-corrected chi connectivity index (χ3v) is 15.3. The zero-order chi connectivity index (χ0) is 56.6. The van der Waals surface area contributed by atoms with E-state index < -0.39 is 88.0 Å². The summed E-state index contributed by atoms with van der Waals surface area (Å²) in [7, 11) is -17.5. The summed E-state index contributed by atoms with van der Waals surface area (Å²) in [5, 5.41) is 48.3. The summed E-state index contributed by atoms with van der Waals surface area (Å²) in [6, 6.07) is 27.5. The lowest BCUT2D eigenvalue weighted by Gasteiger charge is -2.12. The van der Waals surface area contributed by atoms with Gasteiger partial charge in [0.15, 0.2) is 5.75 Å². The summed E-state index contributed by atoms with van der Waals surface area (Å²) in [6.07, 6.45) is 0. The number of hydrogen-bond acceptors (Lipinski definition) is 20. The summed E-state index contributed by atoms with van der Waals surface area (Å²) >= 11 is 0. The second-order valence-corrected chi connectivity index (χ2v) is 22.8. The Labute approximate surface area is 445 Å². The molecule has 0 spiro atoms. The number of para-hydroxylation sites is 1. The van der Waals surface area contributed by atoms with Crippen molar-refractivity contribution in [3.05, 3.63) is 138 Å². The van der Waals surface area contributed by atoms with Gasteiger partial charge in [0.25, 0.3) is 40.5 Å². The topological polar surface area (TPSA) is 367 Å². The molecular weight excluding hydrogens is 1090 g/mol. The highest BCUT2D eigenvalue weighted by Gasteiger charge is 2.26. The predicted octanol–water partition coefficient (Wildman–Crippen LogP) is 13.3. The monoisotopic (exact) mass is 1140 g/mol. The van der Waals surface area contributed by atoms with E-state index in [-0.39, 0.29) is 39.3 Å². The summed E-state index contributed by atoms with van der Waals surface area (Å²) in [6.45, 7) is 6.88. The molecule has 8 rings (SSSR count). The van der Waals surface area contributed by atoms with Crippen LogP contribution >= 0.6 is 0 Å². The van der Waals surface area contributed by atoms with Crippen LogP contribution in [0.1, 0.15) is 22.3 Å². The van der Waals surface area contributed by atoms with Gasteiger partial charge in [0.1, 0.15) is 48.9 Å². The van der Waals surface area contributed by atoms with Crippen LogP contribution in [-0.2, 0) is 40.5 Å². The number of nitrogens with zero attached hydrogens (tertiary/aromatic N) is 8. The average Bonchev–Trinajstić information content (AvgIpc) is 3.46.